The average molecular weight is 635 g/mol. The maximum absolute atomic E-state index is 14.6. The van der Waals surface area contributed by atoms with Crippen LogP contribution in [-0.4, -0.2) is 57.7 Å². The number of rotatable bonds is 11. The van der Waals surface area contributed by atoms with Gasteiger partial charge >= 0.3 is 5.97 Å². The first kappa shape index (κ1) is 32.9. The predicted octanol–water partition coefficient (Wildman–Crippen LogP) is 6.65. The number of hydrogen-bond donors (Lipinski definition) is 1. The molecule has 0 spiro atoms. The molecule has 0 radical (unpaired) electrons. The summed E-state index contributed by atoms with van der Waals surface area (Å²) in [6.45, 7) is 5.39. The topological polar surface area (TPSA) is 119 Å². The molecule has 0 saturated heterocycles. The SMILES string of the molecule is CCCCCC(=O)OC1c2cc3c(c(OC)c2-c2c(cc(OC)c(OC)c2OC)C(C(=O)c2ccccc2)C(C)(O)C1C)OCO3. The molecule has 1 aliphatic carbocycles. The summed E-state index contributed by atoms with van der Waals surface area (Å²) in [4.78, 5) is 28.1. The molecule has 3 aromatic rings. The molecule has 1 aliphatic heterocycles. The van der Waals surface area contributed by atoms with Gasteiger partial charge in [0.2, 0.25) is 18.3 Å². The highest BCUT2D eigenvalue weighted by Crippen LogP contribution is 2.61. The van der Waals surface area contributed by atoms with Crippen LogP contribution < -0.4 is 28.4 Å². The molecular formula is C36H42O10. The van der Waals surface area contributed by atoms with Crippen LogP contribution in [0.2, 0.25) is 0 Å². The molecule has 4 atom stereocenters. The Morgan fingerprint density at radius 2 is 1.57 bits per heavy atom. The first-order valence-corrected chi connectivity index (χ1v) is 15.5. The van der Waals surface area contributed by atoms with E-state index in [1.807, 2.05) is 6.07 Å². The van der Waals surface area contributed by atoms with Crippen LogP contribution in [0.25, 0.3) is 11.1 Å². The molecule has 0 saturated carbocycles. The van der Waals surface area contributed by atoms with Gasteiger partial charge in [-0.2, -0.15) is 0 Å². The molecule has 46 heavy (non-hydrogen) atoms. The van der Waals surface area contributed by atoms with E-state index in [0.29, 0.717) is 57.2 Å². The van der Waals surface area contributed by atoms with E-state index in [4.69, 9.17) is 33.2 Å². The number of Topliss-reactive ketones (excluding diaryl/α,β-unsaturated/α-hetero) is 1. The lowest BCUT2D eigenvalue weighted by Crippen LogP contribution is -2.47. The fraction of sp³-hybridized carbons (Fsp3) is 0.444. The third-order valence-electron chi connectivity index (χ3n) is 9.11. The average Bonchev–Trinajstić information content (AvgIpc) is 3.54. The summed E-state index contributed by atoms with van der Waals surface area (Å²) < 4.78 is 41.5. The van der Waals surface area contributed by atoms with Gasteiger partial charge in [-0.05, 0) is 31.0 Å². The van der Waals surface area contributed by atoms with Crippen LogP contribution >= 0.6 is 0 Å². The van der Waals surface area contributed by atoms with Crippen molar-refractivity contribution in [3.8, 4) is 45.6 Å². The summed E-state index contributed by atoms with van der Waals surface area (Å²) in [5.41, 5.74) is 0.382. The Hall–Kier alpha value is -4.44. The van der Waals surface area contributed by atoms with Gasteiger partial charge in [-0.3, -0.25) is 9.59 Å². The van der Waals surface area contributed by atoms with E-state index >= 15 is 0 Å². The zero-order valence-corrected chi connectivity index (χ0v) is 27.4. The number of carbonyl (C=O) groups excluding carboxylic acids is 2. The Balaban J connectivity index is 1.92. The Morgan fingerprint density at radius 3 is 2.20 bits per heavy atom. The fourth-order valence-electron chi connectivity index (χ4n) is 6.58. The third kappa shape index (κ3) is 5.59. The van der Waals surface area contributed by atoms with Crippen LogP contribution in [0, 0.1) is 5.92 Å². The molecule has 246 valence electrons. The minimum atomic E-state index is -1.78. The summed E-state index contributed by atoms with van der Waals surface area (Å²) in [6.07, 6.45) is 1.65. The van der Waals surface area contributed by atoms with Crippen molar-refractivity contribution >= 4 is 11.8 Å². The van der Waals surface area contributed by atoms with Crippen molar-refractivity contribution in [3.63, 3.8) is 0 Å². The van der Waals surface area contributed by atoms with Crippen molar-refractivity contribution in [3.05, 3.63) is 59.2 Å². The standard InChI is InChI=1S/C36H42O10/c1-8-9-11-16-26(37)46-31-20(2)36(3,39)29(30(38)21-14-12-10-13-15-21)22-17-24(40-4)32(41-5)34(42-6)27(22)28-23(31)18-25-33(35(28)43-7)45-19-44-25/h10,12-15,17-18,20,29,31,39H,8-9,11,16,19H2,1-7H3. The van der Waals surface area contributed by atoms with E-state index in [9.17, 15) is 14.7 Å². The van der Waals surface area contributed by atoms with Gasteiger partial charge in [0.25, 0.3) is 0 Å². The summed E-state index contributed by atoms with van der Waals surface area (Å²) in [7, 11) is 5.96. The van der Waals surface area contributed by atoms with Gasteiger partial charge in [0.15, 0.2) is 28.8 Å². The molecule has 0 amide bonds. The second-order valence-corrected chi connectivity index (χ2v) is 11.8. The molecule has 1 heterocycles. The maximum atomic E-state index is 14.6. The van der Waals surface area contributed by atoms with Gasteiger partial charge in [-0.25, -0.2) is 0 Å². The Bertz CT molecular complexity index is 1600. The van der Waals surface area contributed by atoms with E-state index in [0.717, 1.165) is 12.8 Å². The molecule has 5 rings (SSSR count). The summed E-state index contributed by atoms with van der Waals surface area (Å²) in [6, 6.07) is 12.2. The minimum absolute atomic E-state index is 0.0473. The van der Waals surface area contributed by atoms with Crippen molar-refractivity contribution in [1.29, 1.82) is 0 Å². The summed E-state index contributed by atoms with van der Waals surface area (Å²) >= 11 is 0. The first-order chi connectivity index (χ1) is 22.1. The number of carbonyl (C=O) groups is 2. The van der Waals surface area contributed by atoms with Gasteiger partial charge in [0, 0.05) is 34.6 Å². The van der Waals surface area contributed by atoms with Crippen molar-refractivity contribution in [2.45, 2.75) is 64.1 Å². The third-order valence-corrected chi connectivity index (χ3v) is 9.11. The molecule has 0 aromatic heterocycles. The van der Waals surface area contributed by atoms with Gasteiger partial charge < -0.3 is 38.3 Å². The highest BCUT2D eigenvalue weighted by Gasteiger charge is 2.52. The van der Waals surface area contributed by atoms with Crippen LogP contribution in [0.1, 0.15) is 80.0 Å². The number of benzene rings is 3. The van der Waals surface area contributed by atoms with Crippen LogP contribution in [0.3, 0.4) is 0 Å². The number of ketones is 1. The monoisotopic (exact) mass is 634 g/mol. The molecular weight excluding hydrogens is 592 g/mol. The van der Waals surface area contributed by atoms with Gasteiger partial charge in [0.1, 0.15) is 6.10 Å². The maximum Gasteiger partial charge on any atom is 0.306 e. The molecule has 10 heteroatoms. The van der Waals surface area contributed by atoms with E-state index in [-0.39, 0.29) is 30.5 Å². The fourth-order valence-corrected chi connectivity index (χ4v) is 6.58. The number of ether oxygens (including phenoxy) is 7. The van der Waals surface area contributed by atoms with Crippen molar-refractivity contribution in [1.82, 2.24) is 0 Å². The van der Waals surface area contributed by atoms with E-state index in [1.165, 1.54) is 28.4 Å². The van der Waals surface area contributed by atoms with Crippen LogP contribution in [-0.2, 0) is 9.53 Å². The number of esters is 1. The zero-order valence-electron chi connectivity index (χ0n) is 27.4. The van der Waals surface area contributed by atoms with Crippen molar-refractivity contribution in [2.24, 2.45) is 5.92 Å². The minimum Gasteiger partial charge on any atom is -0.493 e. The molecule has 4 unspecified atom stereocenters. The highest BCUT2D eigenvalue weighted by molar-refractivity contribution is 6.04. The smallest absolute Gasteiger partial charge is 0.306 e. The number of fused-ring (bicyclic) bond motifs is 4. The Morgan fingerprint density at radius 1 is 0.891 bits per heavy atom. The molecule has 0 fully saturated rings. The number of hydrogen-bond acceptors (Lipinski definition) is 10. The number of methoxy groups -OCH3 is 4. The number of unbranched alkanes of at least 4 members (excludes halogenated alkanes) is 2. The van der Waals surface area contributed by atoms with E-state index in [2.05, 4.69) is 6.92 Å². The summed E-state index contributed by atoms with van der Waals surface area (Å²) in [5.74, 6) is -0.915. The summed E-state index contributed by atoms with van der Waals surface area (Å²) in [5, 5.41) is 12.7. The van der Waals surface area contributed by atoms with Crippen molar-refractivity contribution < 1.29 is 47.9 Å². The van der Waals surface area contributed by atoms with Crippen molar-refractivity contribution in [2.75, 3.05) is 35.2 Å². The molecule has 0 bridgehead atoms. The van der Waals surface area contributed by atoms with Crippen LogP contribution in [0.15, 0.2) is 42.5 Å². The predicted molar refractivity (Wildman–Crippen MR) is 170 cm³/mol. The molecule has 2 aliphatic rings. The molecule has 10 nitrogen and oxygen atoms in total. The molecule has 3 aromatic carbocycles. The number of aliphatic hydroxyl groups is 1. The quantitative estimate of drug-likeness (QED) is 0.140. The zero-order chi connectivity index (χ0) is 33.2. The largest absolute Gasteiger partial charge is 0.493 e. The van der Waals surface area contributed by atoms with Gasteiger partial charge in [-0.1, -0.05) is 57.0 Å². The second-order valence-electron chi connectivity index (χ2n) is 11.8. The Kier molecular flexibility index (Phi) is 9.67. The lowest BCUT2D eigenvalue weighted by Gasteiger charge is -2.44. The Labute approximate surface area is 269 Å². The van der Waals surface area contributed by atoms with Gasteiger partial charge in [-0.15, -0.1) is 0 Å². The van der Waals surface area contributed by atoms with Crippen LogP contribution in [0.4, 0.5) is 0 Å². The molecule has 1 N–H and O–H groups in total. The van der Waals surface area contributed by atoms with Gasteiger partial charge in [0.05, 0.1) is 40.0 Å². The van der Waals surface area contributed by atoms with E-state index < -0.39 is 29.5 Å². The normalized spacial score (nSPS) is 21.3. The first-order valence-electron chi connectivity index (χ1n) is 15.5. The van der Waals surface area contributed by atoms with E-state index in [1.54, 1.807) is 50.2 Å². The lowest BCUT2D eigenvalue weighted by molar-refractivity contribution is -0.159. The highest BCUT2D eigenvalue weighted by atomic mass is 16.7. The second kappa shape index (κ2) is 13.5. The van der Waals surface area contributed by atoms with Crippen LogP contribution in [0.5, 0.6) is 34.5 Å². The lowest BCUT2D eigenvalue weighted by atomic mass is 9.65.